The normalized spacial score (nSPS) is 15.7. The van der Waals surface area contributed by atoms with Crippen LogP contribution >= 0.6 is 35.3 Å². The van der Waals surface area contributed by atoms with E-state index in [1.807, 2.05) is 0 Å². The summed E-state index contributed by atoms with van der Waals surface area (Å²) in [5.74, 6) is -0.240. The molecule has 2 amide bonds. The first-order valence-corrected chi connectivity index (χ1v) is 9.88. The quantitative estimate of drug-likeness (QED) is 0.566. The van der Waals surface area contributed by atoms with Gasteiger partial charge in [0.2, 0.25) is 5.91 Å². The molecule has 2 aromatic rings. The van der Waals surface area contributed by atoms with E-state index in [0.717, 1.165) is 0 Å². The lowest BCUT2D eigenvalue weighted by atomic mass is 10.2. The number of hydrogen-bond donors (Lipinski definition) is 2. The Bertz CT molecular complexity index is 865. The van der Waals surface area contributed by atoms with Gasteiger partial charge in [-0.15, -0.1) is 11.3 Å². The summed E-state index contributed by atoms with van der Waals surface area (Å²) in [6.07, 6.45) is 4.02. The second kappa shape index (κ2) is 8.43. The van der Waals surface area contributed by atoms with Crippen molar-refractivity contribution in [3.8, 4) is 5.75 Å². The molecule has 0 spiro atoms. The monoisotopic (exact) mass is 405 g/mol. The maximum atomic E-state index is 12.5. The molecule has 9 heteroatoms. The van der Waals surface area contributed by atoms with Crippen molar-refractivity contribution in [2.45, 2.75) is 12.8 Å². The fourth-order valence-electron chi connectivity index (χ4n) is 2.31. The van der Waals surface area contributed by atoms with E-state index in [4.69, 9.17) is 12.2 Å². The van der Waals surface area contributed by atoms with Gasteiger partial charge >= 0.3 is 0 Å². The van der Waals surface area contributed by atoms with E-state index in [1.54, 1.807) is 41.9 Å². The number of nitrogens with zero attached hydrogens (tertiary/aromatic N) is 2. The van der Waals surface area contributed by atoms with Gasteiger partial charge < -0.3 is 10.4 Å². The Balaban J connectivity index is 1.56. The Morgan fingerprint density at radius 1 is 1.38 bits per heavy atom. The van der Waals surface area contributed by atoms with E-state index in [2.05, 4.69) is 10.3 Å². The Kier molecular flexibility index (Phi) is 6.02. The number of hydrogen-bond acceptors (Lipinski definition) is 7. The number of thiazole rings is 1. The molecule has 2 N–H and O–H groups in total. The van der Waals surface area contributed by atoms with Gasteiger partial charge in [0, 0.05) is 30.1 Å². The Morgan fingerprint density at radius 2 is 2.19 bits per heavy atom. The van der Waals surface area contributed by atoms with Crippen LogP contribution in [0.2, 0.25) is 0 Å². The molecule has 1 aromatic carbocycles. The van der Waals surface area contributed by atoms with Crippen LogP contribution in [0.1, 0.15) is 18.4 Å². The van der Waals surface area contributed by atoms with Crippen molar-refractivity contribution in [1.29, 1.82) is 0 Å². The third kappa shape index (κ3) is 4.48. The van der Waals surface area contributed by atoms with Gasteiger partial charge in [-0.3, -0.25) is 14.5 Å². The highest BCUT2D eigenvalue weighted by Gasteiger charge is 2.31. The molecule has 0 saturated carbocycles. The summed E-state index contributed by atoms with van der Waals surface area (Å²) in [6, 6.07) is 6.79. The number of amides is 2. The van der Waals surface area contributed by atoms with Crippen molar-refractivity contribution in [2.75, 3.05) is 11.9 Å². The third-order valence-corrected chi connectivity index (χ3v) is 5.63. The molecule has 1 saturated heterocycles. The summed E-state index contributed by atoms with van der Waals surface area (Å²) < 4.78 is 0.456. The van der Waals surface area contributed by atoms with Crippen molar-refractivity contribution >= 4 is 62.7 Å². The number of thioether (sulfide) groups is 1. The van der Waals surface area contributed by atoms with Gasteiger partial charge in [0.05, 0.1) is 4.91 Å². The number of para-hydroxylation sites is 1. The minimum atomic E-state index is -0.205. The van der Waals surface area contributed by atoms with Gasteiger partial charge in [-0.05, 0) is 18.6 Å². The second-order valence-corrected chi connectivity index (χ2v) is 7.95. The first kappa shape index (κ1) is 18.6. The Morgan fingerprint density at radius 3 is 2.92 bits per heavy atom. The van der Waals surface area contributed by atoms with Gasteiger partial charge in [-0.1, -0.05) is 42.2 Å². The number of benzene rings is 1. The molecule has 0 radical (unpaired) electrons. The van der Waals surface area contributed by atoms with Crippen LogP contribution in [0.3, 0.4) is 0 Å². The molecule has 0 bridgehead atoms. The SMILES string of the molecule is O=C(CCCN1C(=O)/C(=C/c2ccccc2O)SC1=S)Nc1nccs1. The molecule has 1 aliphatic rings. The molecule has 134 valence electrons. The van der Waals surface area contributed by atoms with Crippen LogP contribution in [0.15, 0.2) is 40.7 Å². The molecular weight excluding hydrogens is 390 g/mol. The highest BCUT2D eigenvalue weighted by Crippen LogP contribution is 2.34. The number of carbonyl (C=O) groups is 2. The summed E-state index contributed by atoms with van der Waals surface area (Å²) in [7, 11) is 0. The summed E-state index contributed by atoms with van der Waals surface area (Å²) in [4.78, 5) is 30.3. The molecule has 0 unspecified atom stereocenters. The number of phenolic OH excluding ortho intramolecular Hbond substituents is 1. The molecule has 0 aliphatic carbocycles. The molecule has 1 aliphatic heterocycles. The lowest BCUT2D eigenvalue weighted by molar-refractivity contribution is -0.122. The molecule has 6 nitrogen and oxygen atoms in total. The van der Waals surface area contributed by atoms with E-state index in [1.165, 1.54) is 28.0 Å². The van der Waals surface area contributed by atoms with Crippen LogP contribution < -0.4 is 5.32 Å². The highest BCUT2D eigenvalue weighted by atomic mass is 32.2. The van der Waals surface area contributed by atoms with E-state index in [0.29, 0.717) is 32.9 Å². The molecule has 26 heavy (non-hydrogen) atoms. The number of phenols is 1. The molecule has 1 aromatic heterocycles. The Hall–Kier alpha value is -2.23. The average Bonchev–Trinajstić information content (AvgIpc) is 3.20. The summed E-state index contributed by atoms with van der Waals surface area (Å²) in [6.45, 7) is 0.369. The molecular formula is C17H15N3O3S3. The van der Waals surface area contributed by atoms with Gasteiger partial charge in [0.1, 0.15) is 10.1 Å². The zero-order valence-corrected chi connectivity index (χ0v) is 16.0. The van der Waals surface area contributed by atoms with Crippen LogP contribution in [0.5, 0.6) is 5.75 Å². The number of anilines is 1. The fourth-order valence-corrected chi connectivity index (χ4v) is 4.15. The van der Waals surface area contributed by atoms with Crippen LogP contribution in [-0.2, 0) is 9.59 Å². The minimum absolute atomic E-state index is 0.108. The van der Waals surface area contributed by atoms with Crippen LogP contribution in [0, 0.1) is 0 Å². The molecule has 3 rings (SSSR count). The number of carbonyl (C=O) groups excluding carboxylic acids is 2. The standard InChI is InChI=1S/C17H15N3O3S3/c21-12-5-2-1-4-11(12)10-13-15(23)20(17(24)26-13)8-3-6-14(22)19-16-18-7-9-25-16/h1-2,4-5,7,9-10,21H,3,6,8H2,(H,18,19,22)/b13-10-. The smallest absolute Gasteiger partial charge is 0.266 e. The lowest BCUT2D eigenvalue weighted by Gasteiger charge is -2.13. The van der Waals surface area contributed by atoms with Crippen molar-refractivity contribution in [3.63, 3.8) is 0 Å². The van der Waals surface area contributed by atoms with E-state index in [-0.39, 0.29) is 24.0 Å². The van der Waals surface area contributed by atoms with Crippen molar-refractivity contribution < 1.29 is 14.7 Å². The second-order valence-electron chi connectivity index (χ2n) is 5.38. The highest BCUT2D eigenvalue weighted by molar-refractivity contribution is 8.26. The summed E-state index contributed by atoms with van der Waals surface area (Å²) in [5, 5.41) is 14.9. The molecule has 2 heterocycles. The predicted molar refractivity (Wildman–Crippen MR) is 108 cm³/mol. The van der Waals surface area contributed by atoms with Crippen LogP contribution in [0.4, 0.5) is 5.13 Å². The maximum absolute atomic E-state index is 12.5. The summed E-state index contributed by atoms with van der Waals surface area (Å²) >= 11 is 7.82. The Labute approximate surface area is 163 Å². The van der Waals surface area contributed by atoms with Gasteiger partial charge in [0.15, 0.2) is 5.13 Å². The van der Waals surface area contributed by atoms with Crippen molar-refractivity contribution in [1.82, 2.24) is 9.88 Å². The lowest BCUT2D eigenvalue weighted by Crippen LogP contribution is -2.29. The minimum Gasteiger partial charge on any atom is -0.507 e. The van der Waals surface area contributed by atoms with Crippen molar-refractivity contribution in [3.05, 3.63) is 46.3 Å². The number of rotatable bonds is 6. The number of aromatic hydroxyl groups is 1. The largest absolute Gasteiger partial charge is 0.507 e. The fraction of sp³-hybridized carbons (Fsp3) is 0.176. The van der Waals surface area contributed by atoms with Crippen LogP contribution in [0.25, 0.3) is 6.08 Å². The average molecular weight is 406 g/mol. The zero-order valence-electron chi connectivity index (χ0n) is 13.5. The van der Waals surface area contributed by atoms with E-state index < -0.39 is 0 Å². The predicted octanol–water partition coefficient (Wildman–Crippen LogP) is 3.47. The first-order chi connectivity index (χ1) is 12.5. The number of nitrogens with one attached hydrogen (secondary N) is 1. The van der Waals surface area contributed by atoms with Gasteiger partial charge in [0.25, 0.3) is 5.91 Å². The van der Waals surface area contributed by atoms with Crippen LogP contribution in [-0.4, -0.2) is 37.7 Å². The van der Waals surface area contributed by atoms with E-state index >= 15 is 0 Å². The zero-order chi connectivity index (χ0) is 18.5. The van der Waals surface area contributed by atoms with Gasteiger partial charge in [-0.25, -0.2) is 4.98 Å². The number of aromatic nitrogens is 1. The summed E-state index contributed by atoms with van der Waals surface area (Å²) in [5.41, 5.74) is 0.566. The molecule has 0 atom stereocenters. The number of thiocarbonyl (C=S) groups is 1. The van der Waals surface area contributed by atoms with Gasteiger partial charge in [-0.2, -0.15) is 0 Å². The van der Waals surface area contributed by atoms with E-state index in [9.17, 15) is 14.7 Å². The topological polar surface area (TPSA) is 82.5 Å². The third-order valence-electron chi connectivity index (χ3n) is 3.56. The van der Waals surface area contributed by atoms with Crippen molar-refractivity contribution in [2.24, 2.45) is 0 Å². The first-order valence-electron chi connectivity index (χ1n) is 7.77. The maximum Gasteiger partial charge on any atom is 0.266 e. The molecule has 1 fully saturated rings.